The lowest BCUT2D eigenvalue weighted by molar-refractivity contribution is -0.115. The van der Waals surface area contributed by atoms with Crippen LogP contribution in [0.25, 0.3) is 11.4 Å². The van der Waals surface area contributed by atoms with Crippen LogP contribution in [0.1, 0.15) is 25.3 Å². The van der Waals surface area contributed by atoms with Crippen molar-refractivity contribution in [3.63, 3.8) is 0 Å². The van der Waals surface area contributed by atoms with E-state index in [4.69, 9.17) is 0 Å². The fraction of sp³-hybridized carbons (Fsp3) is 0.375. The van der Waals surface area contributed by atoms with Gasteiger partial charge >= 0.3 is 0 Å². The molecule has 0 aromatic carbocycles. The van der Waals surface area contributed by atoms with E-state index in [1.807, 2.05) is 37.5 Å². The molecule has 0 aliphatic heterocycles. The number of pyridine rings is 1. The van der Waals surface area contributed by atoms with Crippen LogP contribution in [-0.4, -0.2) is 41.1 Å². The van der Waals surface area contributed by atoms with Gasteiger partial charge in [-0.15, -0.1) is 20.4 Å². The van der Waals surface area contributed by atoms with Crippen LogP contribution in [0.5, 0.6) is 0 Å². The third kappa shape index (κ3) is 4.07. The SMILES string of the molecule is CC[C@@H](Sc1nnc(-c2cccnc2)n1CC)C(=O)Nc1nnc(C)s1. The van der Waals surface area contributed by atoms with Crippen molar-refractivity contribution in [1.29, 1.82) is 0 Å². The third-order valence-corrected chi connectivity index (χ3v) is 5.72. The van der Waals surface area contributed by atoms with E-state index < -0.39 is 0 Å². The van der Waals surface area contributed by atoms with Crippen molar-refractivity contribution in [3.8, 4) is 11.4 Å². The predicted octanol–water partition coefficient (Wildman–Crippen LogP) is 3.03. The van der Waals surface area contributed by atoms with E-state index in [9.17, 15) is 4.79 Å². The molecule has 0 radical (unpaired) electrons. The summed E-state index contributed by atoms with van der Waals surface area (Å²) in [6.45, 7) is 6.55. The van der Waals surface area contributed by atoms with Crippen LogP contribution in [0.15, 0.2) is 29.7 Å². The molecular weight excluding hydrogens is 370 g/mol. The molecule has 8 nitrogen and oxygen atoms in total. The van der Waals surface area contributed by atoms with Crippen LogP contribution in [0.4, 0.5) is 5.13 Å². The molecule has 0 spiro atoms. The summed E-state index contributed by atoms with van der Waals surface area (Å²) in [7, 11) is 0. The van der Waals surface area contributed by atoms with Crippen LogP contribution in [0, 0.1) is 6.92 Å². The van der Waals surface area contributed by atoms with Gasteiger partial charge < -0.3 is 4.57 Å². The summed E-state index contributed by atoms with van der Waals surface area (Å²) in [5.41, 5.74) is 0.899. The molecule has 0 saturated heterocycles. The molecule has 0 aliphatic rings. The van der Waals surface area contributed by atoms with Crippen molar-refractivity contribution in [2.24, 2.45) is 0 Å². The Morgan fingerprint density at radius 1 is 1.31 bits per heavy atom. The summed E-state index contributed by atoms with van der Waals surface area (Å²) in [5, 5.41) is 21.0. The molecule has 1 N–H and O–H groups in total. The van der Waals surface area contributed by atoms with E-state index in [1.165, 1.54) is 23.1 Å². The monoisotopic (exact) mass is 389 g/mol. The number of carbonyl (C=O) groups excluding carboxylic acids is 1. The molecule has 1 amide bonds. The maximum absolute atomic E-state index is 12.6. The Morgan fingerprint density at radius 2 is 2.15 bits per heavy atom. The van der Waals surface area contributed by atoms with Crippen molar-refractivity contribution in [3.05, 3.63) is 29.5 Å². The molecule has 3 rings (SSSR count). The third-order valence-electron chi connectivity index (χ3n) is 3.62. The van der Waals surface area contributed by atoms with Crippen LogP contribution in [0.3, 0.4) is 0 Å². The summed E-state index contributed by atoms with van der Waals surface area (Å²) in [6, 6.07) is 3.81. The number of hydrogen-bond acceptors (Lipinski definition) is 8. The zero-order valence-electron chi connectivity index (χ0n) is 14.7. The van der Waals surface area contributed by atoms with E-state index in [0.717, 1.165) is 16.4 Å². The van der Waals surface area contributed by atoms with Gasteiger partial charge in [0.05, 0.1) is 5.25 Å². The van der Waals surface area contributed by atoms with Crippen molar-refractivity contribution >= 4 is 34.1 Å². The average Bonchev–Trinajstić information content (AvgIpc) is 3.25. The molecule has 0 aliphatic carbocycles. The maximum Gasteiger partial charge on any atom is 0.239 e. The first kappa shape index (κ1) is 18.5. The molecule has 10 heteroatoms. The minimum absolute atomic E-state index is 0.109. The van der Waals surface area contributed by atoms with Crippen LogP contribution in [0.2, 0.25) is 0 Å². The van der Waals surface area contributed by atoms with Crippen molar-refractivity contribution in [2.45, 2.75) is 44.1 Å². The molecule has 136 valence electrons. The Labute approximate surface area is 159 Å². The van der Waals surface area contributed by atoms with Crippen molar-refractivity contribution in [1.82, 2.24) is 29.9 Å². The molecule has 0 unspecified atom stereocenters. The summed E-state index contributed by atoms with van der Waals surface area (Å²) in [6.07, 6.45) is 4.14. The number of amides is 1. The van der Waals surface area contributed by atoms with Crippen LogP contribution in [-0.2, 0) is 11.3 Å². The Bertz CT molecular complexity index is 878. The molecule has 0 saturated carbocycles. The van der Waals surface area contributed by atoms with Gasteiger partial charge in [-0.05, 0) is 32.4 Å². The Morgan fingerprint density at radius 3 is 2.77 bits per heavy atom. The first-order valence-corrected chi connectivity index (χ1v) is 9.93. The van der Waals surface area contributed by atoms with Gasteiger partial charge in [0.2, 0.25) is 11.0 Å². The zero-order valence-corrected chi connectivity index (χ0v) is 16.3. The van der Waals surface area contributed by atoms with Gasteiger partial charge in [0.1, 0.15) is 5.01 Å². The molecule has 0 fully saturated rings. The van der Waals surface area contributed by atoms with E-state index >= 15 is 0 Å². The largest absolute Gasteiger partial charge is 0.302 e. The Kier molecular flexibility index (Phi) is 5.94. The number of carbonyl (C=O) groups is 1. The molecule has 26 heavy (non-hydrogen) atoms. The molecule has 3 aromatic rings. The van der Waals surface area contributed by atoms with Crippen LogP contribution >= 0.6 is 23.1 Å². The standard InChI is InChI=1S/C16H19N7OS2/c1-4-12(14(24)18-15-21-19-10(3)25-15)26-16-22-20-13(23(16)5-2)11-7-6-8-17-9-11/h6-9,12H,4-5H2,1-3H3,(H,18,21,24)/t12-/m1/s1. The molecule has 1 atom stereocenters. The Hall–Kier alpha value is -2.33. The minimum Gasteiger partial charge on any atom is -0.302 e. The number of hydrogen-bond donors (Lipinski definition) is 1. The van der Waals surface area contributed by atoms with Crippen molar-refractivity contribution in [2.75, 3.05) is 5.32 Å². The van der Waals surface area contributed by atoms with Crippen molar-refractivity contribution < 1.29 is 4.79 Å². The fourth-order valence-corrected chi connectivity index (χ4v) is 3.96. The highest BCUT2D eigenvalue weighted by atomic mass is 32.2. The average molecular weight is 390 g/mol. The van der Waals surface area contributed by atoms with Crippen LogP contribution < -0.4 is 5.32 Å². The lowest BCUT2D eigenvalue weighted by Crippen LogP contribution is -2.25. The predicted molar refractivity (Wildman–Crippen MR) is 102 cm³/mol. The van der Waals surface area contributed by atoms with Gasteiger partial charge in [0.25, 0.3) is 0 Å². The molecule has 3 heterocycles. The van der Waals surface area contributed by atoms with Gasteiger partial charge in [0, 0.05) is 24.5 Å². The summed E-state index contributed by atoms with van der Waals surface area (Å²) < 4.78 is 1.99. The summed E-state index contributed by atoms with van der Waals surface area (Å²) in [4.78, 5) is 16.7. The number of nitrogens with one attached hydrogen (secondary N) is 1. The highest BCUT2D eigenvalue weighted by Gasteiger charge is 2.23. The van der Waals surface area contributed by atoms with Gasteiger partial charge in [-0.3, -0.25) is 15.1 Å². The van der Waals surface area contributed by atoms with Gasteiger partial charge in [-0.25, -0.2) is 0 Å². The zero-order chi connectivity index (χ0) is 18.5. The van der Waals surface area contributed by atoms with Gasteiger partial charge in [0.15, 0.2) is 11.0 Å². The van der Waals surface area contributed by atoms with E-state index in [0.29, 0.717) is 23.3 Å². The number of nitrogens with zero attached hydrogens (tertiary/aromatic N) is 6. The minimum atomic E-state index is -0.296. The lowest BCUT2D eigenvalue weighted by atomic mass is 10.3. The second kappa shape index (κ2) is 8.37. The number of aryl methyl sites for hydroxylation is 1. The topological polar surface area (TPSA) is 98.5 Å². The second-order valence-electron chi connectivity index (χ2n) is 5.42. The quantitative estimate of drug-likeness (QED) is 0.620. The highest BCUT2D eigenvalue weighted by molar-refractivity contribution is 8.00. The lowest BCUT2D eigenvalue weighted by Gasteiger charge is -2.13. The number of anilines is 1. The number of rotatable bonds is 7. The number of aromatic nitrogens is 6. The maximum atomic E-state index is 12.6. The highest BCUT2D eigenvalue weighted by Crippen LogP contribution is 2.29. The van der Waals surface area contributed by atoms with E-state index in [2.05, 4.69) is 30.7 Å². The van der Waals surface area contributed by atoms with E-state index in [-0.39, 0.29) is 11.2 Å². The molecular formula is C16H19N7OS2. The van der Waals surface area contributed by atoms with E-state index in [1.54, 1.807) is 12.4 Å². The normalized spacial score (nSPS) is 12.1. The summed E-state index contributed by atoms with van der Waals surface area (Å²) >= 11 is 2.76. The fourth-order valence-electron chi connectivity index (χ4n) is 2.35. The second-order valence-corrected chi connectivity index (χ2v) is 7.77. The summed E-state index contributed by atoms with van der Waals surface area (Å²) in [5.74, 6) is 0.639. The first-order chi connectivity index (χ1) is 12.6. The van der Waals surface area contributed by atoms with Gasteiger partial charge in [-0.1, -0.05) is 30.0 Å². The molecule has 0 bridgehead atoms. The Balaban J connectivity index is 1.78. The molecule has 3 aromatic heterocycles. The number of thioether (sulfide) groups is 1. The first-order valence-electron chi connectivity index (χ1n) is 8.23. The smallest absolute Gasteiger partial charge is 0.239 e. The van der Waals surface area contributed by atoms with Gasteiger partial charge in [-0.2, -0.15) is 0 Å².